The number of carbonyl (C=O) groups excluding carboxylic acids is 1. The van der Waals surface area contributed by atoms with E-state index in [2.05, 4.69) is 25.4 Å². The minimum Gasteiger partial charge on any atom is -0.267 e. The number of alkyl halides is 3. The monoisotopic (exact) mass is 426 g/mol. The molecule has 31 heavy (non-hydrogen) atoms. The Morgan fingerprint density at radius 3 is 2.52 bits per heavy atom. The van der Waals surface area contributed by atoms with Crippen LogP contribution in [-0.4, -0.2) is 30.5 Å². The topological polar surface area (TPSA) is 85.6 Å². The third kappa shape index (κ3) is 3.96. The molecule has 158 valence electrons. The molecule has 0 atom stereocenters. The summed E-state index contributed by atoms with van der Waals surface area (Å²) < 4.78 is 40.7. The highest BCUT2D eigenvalue weighted by atomic mass is 19.4. The first-order valence-electron chi connectivity index (χ1n) is 9.41. The van der Waals surface area contributed by atoms with Gasteiger partial charge in [-0.25, -0.2) is 19.9 Å². The second-order valence-corrected chi connectivity index (χ2v) is 6.81. The number of benzene rings is 1. The molecule has 0 saturated heterocycles. The number of halogens is 3. The van der Waals surface area contributed by atoms with Gasteiger partial charge < -0.3 is 0 Å². The second kappa shape index (κ2) is 7.78. The molecule has 10 heteroatoms. The summed E-state index contributed by atoms with van der Waals surface area (Å²) in [6, 6.07) is 5.10. The van der Waals surface area contributed by atoms with Crippen molar-refractivity contribution in [1.29, 1.82) is 0 Å². The molecule has 3 heterocycles. The number of aryl methyl sites for hydroxylation is 2. The Bertz CT molecular complexity index is 1270. The van der Waals surface area contributed by atoms with Crippen LogP contribution in [0.25, 0.3) is 22.6 Å². The SMILES string of the molecule is CCc1cn(NC(=O)c2cnc(-c3ncccn3)nc2C)c2ccc(C(F)(F)F)cc12. The first kappa shape index (κ1) is 20.5. The van der Waals surface area contributed by atoms with Gasteiger partial charge in [-0.3, -0.25) is 14.9 Å². The molecule has 7 nitrogen and oxygen atoms in total. The van der Waals surface area contributed by atoms with E-state index in [-0.39, 0.29) is 11.4 Å². The molecular weight excluding hydrogens is 409 g/mol. The van der Waals surface area contributed by atoms with Crippen LogP contribution in [0.15, 0.2) is 49.1 Å². The first-order valence-corrected chi connectivity index (χ1v) is 9.41. The van der Waals surface area contributed by atoms with Gasteiger partial charge >= 0.3 is 6.18 Å². The number of carbonyl (C=O) groups is 1. The molecule has 0 aliphatic rings. The second-order valence-electron chi connectivity index (χ2n) is 6.81. The van der Waals surface area contributed by atoms with Crippen molar-refractivity contribution in [3.05, 3.63) is 71.4 Å². The van der Waals surface area contributed by atoms with Gasteiger partial charge in [0.25, 0.3) is 5.91 Å². The fourth-order valence-corrected chi connectivity index (χ4v) is 3.23. The van der Waals surface area contributed by atoms with Crippen LogP contribution in [0.4, 0.5) is 13.2 Å². The Labute approximate surface area is 175 Å². The average molecular weight is 426 g/mol. The number of fused-ring (bicyclic) bond motifs is 1. The van der Waals surface area contributed by atoms with Crippen LogP contribution in [0.3, 0.4) is 0 Å². The fourth-order valence-electron chi connectivity index (χ4n) is 3.23. The maximum atomic E-state index is 13.1. The summed E-state index contributed by atoms with van der Waals surface area (Å²) in [4.78, 5) is 29.5. The lowest BCUT2D eigenvalue weighted by molar-refractivity contribution is -0.137. The van der Waals surface area contributed by atoms with Gasteiger partial charge in [0.05, 0.1) is 22.3 Å². The highest BCUT2D eigenvalue weighted by molar-refractivity contribution is 6.01. The number of nitrogens with one attached hydrogen (secondary N) is 1. The van der Waals surface area contributed by atoms with Crippen molar-refractivity contribution in [3.8, 4) is 11.6 Å². The van der Waals surface area contributed by atoms with E-state index in [0.29, 0.717) is 34.4 Å². The van der Waals surface area contributed by atoms with Gasteiger partial charge in [0, 0.05) is 30.2 Å². The van der Waals surface area contributed by atoms with Crippen molar-refractivity contribution < 1.29 is 18.0 Å². The number of hydrogen-bond donors (Lipinski definition) is 1. The van der Waals surface area contributed by atoms with Gasteiger partial charge in [0.15, 0.2) is 11.6 Å². The zero-order valence-corrected chi connectivity index (χ0v) is 16.6. The molecule has 0 spiro atoms. The van der Waals surface area contributed by atoms with Gasteiger partial charge in [-0.2, -0.15) is 13.2 Å². The van der Waals surface area contributed by atoms with E-state index in [9.17, 15) is 18.0 Å². The molecule has 0 radical (unpaired) electrons. The molecule has 0 saturated carbocycles. The highest BCUT2D eigenvalue weighted by Crippen LogP contribution is 2.33. The molecule has 0 fully saturated rings. The molecule has 0 unspecified atom stereocenters. The fraction of sp³-hybridized carbons (Fsp3) is 0.190. The van der Waals surface area contributed by atoms with Crippen molar-refractivity contribution >= 4 is 16.8 Å². The third-order valence-electron chi connectivity index (χ3n) is 4.81. The number of nitrogens with zero attached hydrogens (tertiary/aromatic N) is 5. The van der Waals surface area contributed by atoms with Crippen LogP contribution in [0, 0.1) is 6.92 Å². The van der Waals surface area contributed by atoms with Gasteiger partial charge in [-0.15, -0.1) is 0 Å². The number of aromatic nitrogens is 5. The molecule has 1 amide bonds. The van der Waals surface area contributed by atoms with Crippen molar-refractivity contribution in [2.45, 2.75) is 26.4 Å². The van der Waals surface area contributed by atoms with Crippen molar-refractivity contribution in [2.24, 2.45) is 0 Å². The van der Waals surface area contributed by atoms with E-state index >= 15 is 0 Å². The zero-order valence-electron chi connectivity index (χ0n) is 16.6. The van der Waals surface area contributed by atoms with Crippen LogP contribution in [0.2, 0.25) is 0 Å². The van der Waals surface area contributed by atoms with Crippen molar-refractivity contribution in [1.82, 2.24) is 24.6 Å². The van der Waals surface area contributed by atoms with E-state index in [1.54, 1.807) is 31.6 Å². The van der Waals surface area contributed by atoms with Gasteiger partial charge in [-0.1, -0.05) is 6.92 Å². The maximum absolute atomic E-state index is 13.1. The predicted molar refractivity (Wildman–Crippen MR) is 108 cm³/mol. The van der Waals surface area contributed by atoms with Crippen LogP contribution >= 0.6 is 0 Å². The van der Waals surface area contributed by atoms with Gasteiger partial charge in [0.1, 0.15) is 0 Å². The van der Waals surface area contributed by atoms with Gasteiger partial charge in [0.2, 0.25) is 0 Å². The molecule has 0 bridgehead atoms. The van der Waals surface area contributed by atoms with Crippen LogP contribution in [0.1, 0.15) is 34.1 Å². The van der Waals surface area contributed by atoms with E-state index in [1.807, 2.05) is 6.92 Å². The maximum Gasteiger partial charge on any atom is 0.416 e. The molecule has 3 aromatic heterocycles. The van der Waals surface area contributed by atoms with E-state index in [0.717, 1.165) is 12.1 Å². The molecule has 4 aromatic rings. The summed E-state index contributed by atoms with van der Waals surface area (Å²) in [6.45, 7) is 3.49. The summed E-state index contributed by atoms with van der Waals surface area (Å²) >= 11 is 0. The molecule has 4 rings (SSSR count). The molecule has 0 aliphatic heterocycles. The number of rotatable bonds is 4. The van der Waals surface area contributed by atoms with Crippen LogP contribution in [0.5, 0.6) is 0 Å². The summed E-state index contributed by atoms with van der Waals surface area (Å²) in [5.74, 6) is 0.133. The van der Waals surface area contributed by atoms with Crippen molar-refractivity contribution in [2.75, 3.05) is 5.43 Å². The Balaban J connectivity index is 1.66. The number of amides is 1. The highest BCUT2D eigenvalue weighted by Gasteiger charge is 2.31. The lowest BCUT2D eigenvalue weighted by Crippen LogP contribution is -2.23. The van der Waals surface area contributed by atoms with Crippen LogP contribution < -0.4 is 5.43 Å². The summed E-state index contributed by atoms with van der Waals surface area (Å²) in [5.41, 5.74) is 3.76. The molecule has 0 aliphatic carbocycles. The summed E-state index contributed by atoms with van der Waals surface area (Å²) in [5, 5.41) is 0.433. The van der Waals surface area contributed by atoms with E-state index in [1.165, 1.54) is 16.9 Å². The summed E-state index contributed by atoms with van der Waals surface area (Å²) in [7, 11) is 0. The van der Waals surface area contributed by atoms with Crippen molar-refractivity contribution in [3.63, 3.8) is 0 Å². The smallest absolute Gasteiger partial charge is 0.267 e. The predicted octanol–water partition coefficient (Wildman–Crippen LogP) is 4.16. The third-order valence-corrected chi connectivity index (χ3v) is 4.81. The summed E-state index contributed by atoms with van der Waals surface area (Å²) in [6.07, 6.45) is 2.18. The largest absolute Gasteiger partial charge is 0.416 e. The minimum absolute atomic E-state index is 0.228. The lowest BCUT2D eigenvalue weighted by Gasteiger charge is -2.11. The quantitative estimate of drug-likeness (QED) is 0.530. The Morgan fingerprint density at radius 2 is 1.87 bits per heavy atom. The Morgan fingerprint density at radius 1 is 1.13 bits per heavy atom. The Kier molecular flexibility index (Phi) is 5.14. The van der Waals surface area contributed by atoms with E-state index in [4.69, 9.17) is 0 Å². The molecule has 1 N–H and O–H groups in total. The molecular formula is C21H17F3N6O. The Hall–Kier alpha value is -3.82. The normalized spacial score (nSPS) is 11.6. The number of hydrogen-bond acceptors (Lipinski definition) is 5. The van der Waals surface area contributed by atoms with Crippen LogP contribution in [-0.2, 0) is 12.6 Å². The van der Waals surface area contributed by atoms with E-state index < -0.39 is 17.6 Å². The van der Waals surface area contributed by atoms with Gasteiger partial charge in [-0.05, 0) is 43.2 Å². The average Bonchev–Trinajstić information content (AvgIpc) is 3.10. The standard InChI is InChI=1S/C21H17F3N6O/c1-3-13-11-30(17-6-5-14(9-15(13)17)21(22,23)24)29-20(31)16-10-27-19(28-12(16)2)18-25-7-4-8-26-18/h4-11H,3H2,1-2H3,(H,29,31). The zero-order chi connectivity index (χ0) is 22.2. The lowest BCUT2D eigenvalue weighted by atomic mass is 10.1. The molecule has 1 aromatic carbocycles. The minimum atomic E-state index is -4.44. The first-order chi connectivity index (χ1) is 14.8.